The van der Waals surface area contributed by atoms with Gasteiger partial charge in [-0.05, 0) is 32.1 Å². The Morgan fingerprint density at radius 2 is 0.286 bits per heavy atom. The maximum absolute atomic E-state index is 13.9. The SMILES string of the molecule is CCCCCCCCCCCCCCCCCC(=O)OCC(CO)(COCC(COC(=O)CCCCCCCCCCCCCCCCC)(COC(=O)CCCCCCCCCCCCCCCCC)COC(=O)CCCCCCCCCCCCCCCCC)COC(=O)CCCCCCCCCCCCCCCCC. The van der Waals surface area contributed by atoms with Gasteiger partial charge < -0.3 is 33.5 Å². The molecule has 12 nitrogen and oxygen atoms in total. The van der Waals surface area contributed by atoms with Gasteiger partial charge in [0.15, 0.2) is 0 Å². The standard InChI is InChI=1S/C100H192O12/c1-6-11-16-21-26-31-36-41-46-51-56-61-66-71-76-81-94(102)108-89-99(86-101,90-109-95(103)82-77-72-67-62-57-52-47-42-37-32-27-22-17-12-7-2)87-107-88-100(91-110-96(104)83-78-73-68-63-58-53-48-43-38-33-28-23-18-13-8-3,92-111-97(105)84-79-74-69-64-59-54-49-44-39-34-29-24-19-14-9-4)93-112-98(106)85-80-75-70-65-60-55-50-45-40-35-30-25-20-15-10-5/h101H,6-93H2,1-5H3. The van der Waals surface area contributed by atoms with Crippen molar-refractivity contribution in [2.24, 2.45) is 10.8 Å². The Bertz CT molecular complexity index is 1790. The van der Waals surface area contributed by atoms with Crippen molar-refractivity contribution in [2.45, 2.75) is 548 Å². The lowest BCUT2D eigenvalue weighted by molar-refractivity contribution is -0.172. The minimum Gasteiger partial charge on any atom is -0.465 e. The van der Waals surface area contributed by atoms with E-state index in [1.165, 1.54) is 353 Å². The zero-order valence-electron chi connectivity index (χ0n) is 75.7. The summed E-state index contributed by atoms with van der Waals surface area (Å²) in [6.45, 7) is 9.21. The van der Waals surface area contributed by atoms with Crippen LogP contribution in [-0.2, 0) is 52.4 Å². The summed E-state index contributed by atoms with van der Waals surface area (Å²) < 4.78 is 37.1. The molecule has 0 aliphatic rings. The van der Waals surface area contributed by atoms with Crippen LogP contribution in [-0.4, -0.2) is 87.8 Å². The molecule has 664 valence electrons. The van der Waals surface area contributed by atoms with Gasteiger partial charge in [0.25, 0.3) is 0 Å². The van der Waals surface area contributed by atoms with E-state index in [2.05, 4.69) is 34.6 Å². The number of aliphatic hydroxyl groups is 1. The third kappa shape index (κ3) is 79.7. The molecule has 0 rings (SSSR count). The fraction of sp³-hybridized carbons (Fsp3) is 0.950. The molecule has 112 heavy (non-hydrogen) atoms. The average molecular weight is 1590 g/mol. The second-order valence-electron chi connectivity index (χ2n) is 35.5. The van der Waals surface area contributed by atoms with Gasteiger partial charge in [0.05, 0.1) is 30.7 Å². The molecule has 0 saturated carbocycles. The van der Waals surface area contributed by atoms with Gasteiger partial charge in [0, 0.05) is 32.1 Å². The van der Waals surface area contributed by atoms with E-state index in [1.54, 1.807) is 0 Å². The van der Waals surface area contributed by atoms with Gasteiger partial charge in [-0.2, -0.15) is 0 Å². The fourth-order valence-corrected chi connectivity index (χ4v) is 15.7. The minimum atomic E-state index is -1.35. The largest absolute Gasteiger partial charge is 0.465 e. The molecular formula is C100H192O12. The topological polar surface area (TPSA) is 161 Å². The Kier molecular flexibility index (Phi) is 86.9. The van der Waals surface area contributed by atoms with Crippen molar-refractivity contribution in [3.8, 4) is 0 Å². The molecule has 0 unspecified atom stereocenters. The highest BCUT2D eigenvalue weighted by Crippen LogP contribution is 2.29. The van der Waals surface area contributed by atoms with Crippen molar-refractivity contribution in [1.82, 2.24) is 0 Å². The predicted molar refractivity (Wildman–Crippen MR) is 475 cm³/mol. The number of hydrogen-bond acceptors (Lipinski definition) is 12. The van der Waals surface area contributed by atoms with E-state index < -0.39 is 17.4 Å². The van der Waals surface area contributed by atoms with Crippen LogP contribution in [0, 0.1) is 10.8 Å². The monoisotopic (exact) mass is 1590 g/mol. The molecule has 0 heterocycles. The van der Waals surface area contributed by atoms with E-state index in [4.69, 9.17) is 28.4 Å². The number of hydrogen-bond donors (Lipinski definition) is 1. The van der Waals surface area contributed by atoms with E-state index in [0.717, 1.165) is 96.3 Å². The molecule has 0 spiro atoms. The molecule has 0 radical (unpaired) electrons. The minimum absolute atomic E-state index is 0.195. The molecule has 0 aromatic heterocycles. The molecule has 0 amide bonds. The van der Waals surface area contributed by atoms with Gasteiger partial charge >= 0.3 is 29.8 Å². The summed E-state index contributed by atoms with van der Waals surface area (Å²) >= 11 is 0. The zero-order valence-corrected chi connectivity index (χ0v) is 75.7. The van der Waals surface area contributed by atoms with E-state index in [0.29, 0.717) is 32.1 Å². The predicted octanol–water partition coefficient (Wildman–Crippen LogP) is 31.0. The van der Waals surface area contributed by atoms with Gasteiger partial charge in [0.1, 0.15) is 33.0 Å². The summed E-state index contributed by atoms with van der Waals surface area (Å²) in [4.78, 5) is 68.7. The third-order valence-corrected chi connectivity index (χ3v) is 23.8. The highest BCUT2D eigenvalue weighted by molar-refractivity contribution is 5.71. The molecule has 12 heteroatoms. The Morgan fingerprint density at radius 3 is 0.420 bits per heavy atom. The van der Waals surface area contributed by atoms with Crippen LogP contribution in [0.1, 0.15) is 548 Å². The van der Waals surface area contributed by atoms with Crippen molar-refractivity contribution in [3.63, 3.8) is 0 Å². The van der Waals surface area contributed by atoms with E-state index >= 15 is 0 Å². The number of aliphatic hydroxyl groups excluding tert-OH is 1. The molecule has 0 fully saturated rings. The lowest BCUT2D eigenvalue weighted by atomic mass is 9.90. The van der Waals surface area contributed by atoms with Gasteiger partial charge in [-0.25, -0.2) is 0 Å². The summed E-state index contributed by atoms with van der Waals surface area (Å²) in [6.07, 6.45) is 92.9. The molecule has 0 atom stereocenters. The molecule has 0 aromatic carbocycles. The van der Waals surface area contributed by atoms with Crippen LogP contribution in [0.2, 0.25) is 0 Å². The van der Waals surface area contributed by atoms with Gasteiger partial charge in [-0.3, -0.25) is 24.0 Å². The zero-order chi connectivity index (χ0) is 81.4. The van der Waals surface area contributed by atoms with Crippen LogP contribution < -0.4 is 0 Å². The number of carbonyl (C=O) groups excluding carboxylic acids is 5. The molecule has 1 N–H and O–H groups in total. The summed E-state index contributed by atoms with van der Waals surface area (Å²) in [5, 5.41) is 11.4. The van der Waals surface area contributed by atoms with Gasteiger partial charge in [-0.15, -0.1) is 0 Å². The molecule has 0 saturated heterocycles. The first kappa shape index (κ1) is 109. The molecular weight excluding hydrogens is 1390 g/mol. The second-order valence-corrected chi connectivity index (χ2v) is 35.5. The summed E-state index contributed by atoms with van der Waals surface area (Å²) in [7, 11) is 0. The highest BCUT2D eigenvalue weighted by atomic mass is 16.6. The Labute approximate surface area is 695 Å². The average Bonchev–Trinajstić information content (AvgIpc) is 0.843. The fourth-order valence-electron chi connectivity index (χ4n) is 15.7. The van der Waals surface area contributed by atoms with E-state index in [1.807, 2.05) is 0 Å². The number of unbranched alkanes of at least 4 members (excludes halogenated alkanes) is 70. The number of carbonyl (C=O) groups is 5. The van der Waals surface area contributed by atoms with Crippen molar-refractivity contribution >= 4 is 29.8 Å². The maximum atomic E-state index is 13.9. The number of ether oxygens (including phenoxy) is 6. The van der Waals surface area contributed by atoms with E-state index in [9.17, 15) is 29.1 Å². The van der Waals surface area contributed by atoms with Crippen molar-refractivity contribution < 1.29 is 57.5 Å². The lowest BCUT2D eigenvalue weighted by Gasteiger charge is -2.35. The summed E-state index contributed by atoms with van der Waals surface area (Å²) in [5.74, 6) is -1.89. The Hall–Kier alpha value is -2.73. The number of rotatable bonds is 95. The first-order chi connectivity index (χ1) is 55.0. The van der Waals surface area contributed by atoms with Crippen LogP contribution in [0.3, 0.4) is 0 Å². The van der Waals surface area contributed by atoms with Crippen LogP contribution in [0.25, 0.3) is 0 Å². The van der Waals surface area contributed by atoms with Crippen LogP contribution in [0.4, 0.5) is 0 Å². The lowest BCUT2D eigenvalue weighted by Crippen LogP contribution is -2.46. The molecule has 0 aliphatic carbocycles. The summed E-state index contributed by atoms with van der Waals surface area (Å²) in [5.41, 5.74) is -2.67. The number of esters is 5. The highest BCUT2D eigenvalue weighted by Gasteiger charge is 2.40. The third-order valence-electron chi connectivity index (χ3n) is 23.8. The van der Waals surface area contributed by atoms with Crippen LogP contribution >= 0.6 is 0 Å². The quantitative estimate of drug-likeness (QED) is 0.0349. The second kappa shape index (κ2) is 89.1. The van der Waals surface area contributed by atoms with Crippen LogP contribution in [0.15, 0.2) is 0 Å². The summed E-state index contributed by atoms with van der Waals surface area (Å²) in [6, 6.07) is 0. The van der Waals surface area contributed by atoms with Crippen molar-refractivity contribution in [2.75, 3.05) is 52.9 Å². The molecule has 0 aliphatic heterocycles. The van der Waals surface area contributed by atoms with Crippen molar-refractivity contribution in [1.29, 1.82) is 0 Å². The van der Waals surface area contributed by atoms with E-state index in [-0.39, 0.29) is 108 Å². The molecule has 0 aromatic rings. The smallest absolute Gasteiger partial charge is 0.305 e. The normalized spacial score (nSPS) is 11.8. The van der Waals surface area contributed by atoms with Crippen molar-refractivity contribution in [3.05, 3.63) is 0 Å². The Balaban J connectivity index is 6.43. The Morgan fingerprint density at radius 1 is 0.170 bits per heavy atom. The van der Waals surface area contributed by atoms with Gasteiger partial charge in [0.2, 0.25) is 0 Å². The molecule has 0 bridgehead atoms. The first-order valence-electron chi connectivity index (χ1n) is 50.0. The van der Waals surface area contributed by atoms with Crippen LogP contribution in [0.5, 0.6) is 0 Å². The first-order valence-corrected chi connectivity index (χ1v) is 50.0. The maximum Gasteiger partial charge on any atom is 0.305 e. The van der Waals surface area contributed by atoms with Gasteiger partial charge in [-0.1, -0.05) is 484 Å².